The van der Waals surface area contributed by atoms with E-state index in [0.29, 0.717) is 16.3 Å². The van der Waals surface area contributed by atoms with E-state index >= 15 is 0 Å². The molecule has 0 atom stereocenters. The average Bonchev–Trinajstić information content (AvgIpc) is 2.33. The van der Waals surface area contributed by atoms with E-state index in [2.05, 4.69) is 23.9 Å². The summed E-state index contributed by atoms with van der Waals surface area (Å²) in [4.78, 5) is 6.48. The molecule has 1 aliphatic rings. The lowest BCUT2D eigenvalue weighted by atomic mass is 9.86. The second-order valence-electron chi connectivity index (χ2n) is 5.41. The van der Waals surface area contributed by atoms with Crippen LogP contribution in [0.15, 0.2) is 12.1 Å². The molecule has 0 bridgehead atoms. The van der Waals surface area contributed by atoms with Gasteiger partial charge < -0.3 is 0 Å². The number of pyridine rings is 1. The molecule has 0 aromatic carbocycles. The maximum Gasteiger partial charge on any atom is 0.135 e. The van der Waals surface area contributed by atoms with Gasteiger partial charge in [0.25, 0.3) is 0 Å². The third kappa shape index (κ3) is 3.59. The predicted octanol–water partition coefficient (Wildman–Crippen LogP) is 4.40. The van der Waals surface area contributed by atoms with Gasteiger partial charge >= 0.3 is 0 Å². The minimum atomic E-state index is 0.456. The molecule has 1 fully saturated rings. The molecule has 1 aromatic heterocycles. The monoisotopic (exact) mass is 286 g/mol. The van der Waals surface area contributed by atoms with E-state index in [-0.39, 0.29) is 0 Å². The van der Waals surface area contributed by atoms with Gasteiger partial charge in [0.05, 0.1) is 0 Å². The van der Waals surface area contributed by atoms with Crippen LogP contribution in [0.3, 0.4) is 0 Å². The van der Waals surface area contributed by atoms with E-state index in [1.54, 1.807) is 6.07 Å². The largest absolute Gasteiger partial charge is 0.299 e. The molecule has 1 aliphatic carbocycles. The summed E-state index contributed by atoms with van der Waals surface area (Å²) < 4.78 is 0. The Morgan fingerprint density at radius 2 is 1.89 bits per heavy atom. The van der Waals surface area contributed by atoms with Crippen molar-refractivity contribution in [1.82, 2.24) is 9.88 Å². The van der Waals surface area contributed by atoms with Gasteiger partial charge in [0.15, 0.2) is 0 Å². The average molecular weight is 287 g/mol. The molecule has 4 heteroatoms. The summed E-state index contributed by atoms with van der Waals surface area (Å²) in [7, 11) is 2.17. The van der Waals surface area contributed by atoms with E-state index in [1.165, 1.54) is 25.7 Å². The van der Waals surface area contributed by atoms with Gasteiger partial charge in [-0.1, -0.05) is 36.2 Å². The number of hydrogen-bond acceptors (Lipinski definition) is 2. The third-order valence-electron chi connectivity index (χ3n) is 3.92. The first-order valence-corrected chi connectivity index (χ1v) is 7.33. The second kappa shape index (κ2) is 6.23. The molecule has 2 rings (SSSR count). The third-order valence-corrected chi connectivity index (χ3v) is 4.46. The van der Waals surface area contributed by atoms with Crippen molar-refractivity contribution in [3.63, 3.8) is 0 Å². The molecule has 0 aliphatic heterocycles. The number of aromatic nitrogens is 1. The summed E-state index contributed by atoms with van der Waals surface area (Å²) in [6, 6.07) is 4.45. The zero-order valence-electron chi connectivity index (χ0n) is 11.0. The van der Waals surface area contributed by atoms with Crippen molar-refractivity contribution in [2.24, 2.45) is 5.92 Å². The van der Waals surface area contributed by atoms with Crippen LogP contribution in [-0.4, -0.2) is 23.0 Å². The van der Waals surface area contributed by atoms with Crippen LogP contribution in [0.2, 0.25) is 10.3 Å². The molecule has 0 amide bonds. The van der Waals surface area contributed by atoms with Gasteiger partial charge in [-0.15, -0.1) is 0 Å². The fourth-order valence-corrected chi connectivity index (χ4v) is 3.04. The molecule has 1 saturated carbocycles. The predicted molar refractivity (Wildman–Crippen MR) is 77.1 cm³/mol. The van der Waals surface area contributed by atoms with E-state index in [1.807, 2.05) is 6.07 Å². The van der Waals surface area contributed by atoms with Crippen molar-refractivity contribution in [2.75, 3.05) is 7.05 Å². The zero-order valence-corrected chi connectivity index (χ0v) is 12.5. The van der Waals surface area contributed by atoms with E-state index < -0.39 is 0 Å². The number of hydrogen-bond donors (Lipinski definition) is 0. The van der Waals surface area contributed by atoms with Crippen LogP contribution in [0, 0.1) is 5.92 Å². The van der Waals surface area contributed by atoms with Crippen LogP contribution in [0.25, 0.3) is 0 Å². The zero-order chi connectivity index (χ0) is 13.1. The number of halogens is 2. The summed E-state index contributed by atoms with van der Waals surface area (Å²) in [6.45, 7) is 3.19. The first-order chi connectivity index (χ1) is 8.56. The van der Waals surface area contributed by atoms with Crippen molar-refractivity contribution >= 4 is 23.2 Å². The van der Waals surface area contributed by atoms with Crippen LogP contribution < -0.4 is 0 Å². The maximum absolute atomic E-state index is 6.11. The summed E-state index contributed by atoms with van der Waals surface area (Å²) in [5, 5.41) is 0.983. The lowest BCUT2D eigenvalue weighted by Gasteiger charge is -2.33. The molecule has 18 heavy (non-hydrogen) atoms. The van der Waals surface area contributed by atoms with Crippen LogP contribution in [0.1, 0.15) is 38.2 Å². The van der Waals surface area contributed by atoms with E-state index in [4.69, 9.17) is 23.2 Å². The van der Waals surface area contributed by atoms with Gasteiger partial charge in [0, 0.05) is 18.2 Å². The van der Waals surface area contributed by atoms with Crippen molar-refractivity contribution in [3.05, 3.63) is 28.0 Å². The summed E-state index contributed by atoms with van der Waals surface area (Å²) in [6.07, 6.45) is 5.25. The van der Waals surface area contributed by atoms with Crippen molar-refractivity contribution < 1.29 is 0 Å². The highest BCUT2D eigenvalue weighted by atomic mass is 35.5. The van der Waals surface area contributed by atoms with Gasteiger partial charge in [0.2, 0.25) is 0 Å². The smallest absolute Gasteiger partial charge is 0.135 e. The molecular weight excluding hydrogens is 267 g/mol. The first-order valence-electron chi connectivity index (χ1n) is 6.57. The van der Waals surface area contributed by atoms with Crippen LogP contribution in [0.4, 0.5) is 0 Å². The molecule has 100 valence electrons. The Morgan fingerprint density at radius 3 is 2.50 bits per heavy atom. The fourth-order valence-electron chi connectivity index (χ4n) is 2.64. The molecule has 0 N–H and O–H groups in total. The Bertz CT molecular complexity index is 401. The summed E-state index contributed by atoms with van der Waals surface area (Å²) in [5.74, 6) is 0.885. The van der Waals surface area contributed by atoms with Gasteiger partial charge in [-0.25, -0.2) is 4.98 Å². The number of rotatable bonds is 3. The summed E-state index contributed by atoms with van der Waals surface area (Å²) >= 11 is 11.9. The van der Waals surface area contributed by atoms with Crippen LogP contribution >= 0.6 is 23.2 Å². The molecule has 0 spiro atoms. The topological polar surface area (TPSA) is 16.1 Å². The normalized spacial score (nSPS) is 24.5. The molecule has 0 radical (unpaired) electrons. The number of nitrogens with zero attached hydrogens (tertiary/aromatic N) is 2. The van der Waals surface area contributed by atoms with Gasteiger partial charge in [-0.2, -0.15) is 0 Å². The fraction of sp³-hybridized carbons (Fsp3) is 0.643. The Kier molecular flexibility index (Phi) is 4.88. The van der Waals surface area contributed by atoms with Crippen molar-refractivity contribution in [2.45, 2.75) is 45.2 Å². The van der Waals surface area contributed by atoms with Crippen molar-refractivity contribution in [1.29, 1.82) is 0 Å². The van der Waals surface area contributed by atoms with E-state index in [9.17, 15) is 0 Å². The van der Waals surface area contributed by atoms with Gasteiger partial charge in [-0.05, 0) is 44.7 Å². The lowest BCUT2D eigenvalue weighted by molar-refractivity contribution is 0.164. The quantitative estimate of drug-likeness (QED) is 0.766. The molecular formula is C14H20Cl2N2. The van der Waals surface area contributed by atoms with Gasteiger partial charge in [0.1, 0.15) is 10.3 Å². The minimum Gasteiger partial charge on any atom is -0.299 e. The first kappa shape index (κ1) is 14.1. The minimum absolute atomic E-state index is 0.456. The standard InChI is InChI=1S/C14H20Cl2N2/c1-10-3-6-12(7-4-10)18(2)9-11-5-8-13(15)17-14(11)16/h5,8,10,12H,3-4,6-7,9H2,1-2H3. The Labute approximate surface area is 119 Å². The highest BCUT2D eigenvalue weighted by Crippen LogP contribution is 2.28. The highest BCUT2D eigenvalue weighted by molar-refractivity contribution is 6.32. The van der Waals surface area contributed by atoms with E-state index in [0.717, 1.165) is 18.0 Å². The lowest BCUT2D eigenvalue weighted by Crippen LogP contribution is -2.34. The molecule has 1 aromatic rings. The molecule has 0 unspecified atom stereocenters. The van der Waals surface area contributed by atoms with Crippen LogP contribution in [-0.2, 0) is 6.54 Å². The SMILES string of the molecule is CC1CCC(N(C)Cc2ccc(Cl)nc2Cl)CC1. The Morgan fingerprint density at radius 1 is 1.22 bits per heavy atom. The van der Waals surface area contributed by atoms with Crippen molar-refractivity contribution in [3.8, 4) is 0 Å². The molecule has 0 saturated heterocycles. The van der Waals surface area contributed by atoms with Crippen LogP contribution in [0.5, 0.6) is 0 Å². The highest BCUT2D eigenvalue weighted by Gasteiger charge is 2.22. The summed E-state index contributed by atoms with van der Waals surface area (Å²) in [5.41, 5.74) is 1.06. The second-order valence-corrected chi connectivity index (χ2v) is 6.16. The molecule has 1 heterocycles. The Hall–Kier alpha value is -0.310. The Balaban J connectivity index is 1.96. The molecule has 2 nitrogen and oxygen atoms in total. The van der Waals surface area contributed by atoms with Gasteiger partial charge in [-0.3, -0.25) is 4.90 Å². The maximum atomic E-state index is 6.11.